The van der Waals surface area contributed by atoms with E-state index >= 15 is 0 Å². The zero-order valence-electron chi connectivity index (χ0n) is 10.9. The number of carbonyl (C=O) groups excluding carboxylic acids is 1. The monoisotopic (exact) mass is 252 g/mol. The first-order valence-electron chi connectivity index (χ1n) is 6.23. The van der Waals surface area contributed by atoms with Gasteiger partial charge in [-0.3, -0.25) is 9.69 Å². The lowest BCUT2D eigenvalue weighted by Gasteiger charge is -2.16. The van der Waals surface area contributed by atoms with Crippen molar-refractivity contribution in [2.24, 2.45) is 5.73 Å². The summed E-state index contributed by atoms with van der Waals surface area (Å²) in [6, 6.07) is 0.210. The smallest absolute Gasteiger partial charge is 0.233 e. The third-order valence-electron chi connectivity index (χ3n) is 3.39. The van der Waals surface area contributed by atoms with E-state index in [0.29, 0.717) is 0 Å². The summed E-state index contributed by atoms with van der Waals surface area (Å²) in [6.45, 7) is 6.60. The topological polar surface area (TPSA) is 84.4 Å². The summed E-state index contributed by atoms with van der Waals surface area (Å²) in [5.74, 6) is 0.793. The molecule has 0 saturated carbocycles. The van der Waals surface area contributed by atoms with E-state index in [9.17, 15) is 4.79 Å². The molecule has 3 N–H and O–H groups in total. The first-order chi connectivity index (χ1) is 8.60. The van der Waals surface area contributed by atoms with Crippen molar-refractivity contribution >= 4 is 5.91 Å². The molecule has 2 rings (SSSR count). The van der Waals surface area contributed by atoms with Crippen LogP contribution in [0.5, 0.6) is 0 Å². The van der Waals surface area contributed by atoms with Crippen LogP contribution in [0.4, 0.5) is 0 Å². The van der Waals surface area contributed by atoms with Crippen LogP contribution < -0.4 is 11.1 Å². The van der Waals surface area contributed by atoms with Crippen LogP contribution in [0.25, 0.3) is 0 Å². The summed E-state index contributed by atoms with van der Waals surface area (Å²) in [5, 5.41) is 6.87. The van der Waals surface area contributed by atoms with Gasteiger partial charge in [-0.2, -0.15) is 0 Å². The van der Waals surface area contributed by atoms with E-state index in [-0.39, 0.29) is 18.5 Å². The maximum absolute atomic E-state index is 11.2. The van der Waals surface area contributed by atoms with Gasteiger partial charge in [0.2, 0.25) is 5.91 Å². The zero-order valence-corrected chi connectivity index (χ0v) is 10.9. The second-order valence-electron chi connectivity index (χ2n) is 4.80. The minimum Gasteiger partial charge on any atom is -0.361 e. The average molecular weight is 252 g/mol. The van der Waals surface area contributed by atoms with Gasteiger partial charge in [-0.1, -0.05) is 5.16 Å². The second-order valence-corrected chi connectivity index (χ2v) is 4.80. The highest BCUT2D eigenvalue weighted by Crippen LogP contribution is 2.18. The van der Waals surface area contributed by atoms with Gasteiger partial charge >= 0.3 is 0 Å². The number of aromatic nitrogens is 1. The molecule has 0 spiro atoms. The summed E-state index contributed by atoms with van der Waals surface area (Å²) in [7, 11) is 0. The van der Waals surface area contributed by atoms with Crippen molar-refractivity contribution in [1.82, 2.24) is 15.4 Å². The number of carbonyl (C=O) groups is 1. The predicted molar refractivity (Wildman–Crippen MR) is 66.9 cm³/mol. The Morgan fingerprint density at radius 3 is 3.00 bits per heavy atom. The Morgan fingerprint density at radius 1 is 1.61 bits per heavy atom. The van der Waals surface area contributed by atoms with Crippen molar-refractivity contribution < 1.29 is 9.32 Å². The van der Waals surface area contributed by atoms with Gasteiger partial charge in [0.15, 0.2) is 0 Å². The lowest BCUT2D eigenvalue weighted by atomic mass is 10.2. The molecule has 1 saturated heterocycles. The summed E-state index contributed by atoms with van der Waals surface area (Å²) < 4.78 is 5.15. The summed E-state index contributed by atoms with van der Waals surface area (Å²) in [5.41, 5.74) is 7.39. The van der Waals surface area contributed by atoms with E-state index in [1.165, 1.54) is 0 Å². The van der Waals surface area contributed by atoms with Crippen molar-refractivity contribution in [3.05, 3.63) is 17.0 Å². The molecule has 1 aromatic rings. The molecular formula is C12H20N4O2. The highest BCUT2D eigenvalue weighted by atomic mass is 16.5. The Bertz CT molecular complexity index is 410. The quantitative estimate of drug-likeness (QED) is 0.784. The fourth-order valence-corrected chi connectivity index (χ4v) is 2.33. The number of nitrogens with zero attached hydrogens (tertiary/aromatic N) is 2. The first-order valence-corrected chi connectivity index (χ1v) is 6.23. The predicted octanol–water partition coefficient (Wildman–Crippen LogP) is -0.0594. The largest absolute Gasteiger partial charge is 0.361 e. The van der Waals surface area contributed by atoms with E-state index < -0.39 is 0 Å². The number of nitrogens with two attached hydrogens (primary N) is 1. The molecule has 0 radical (unpaired) electrons. The lowest BCUT2D eigenvalue weighted by Crippen LogP contribution is -2.40. The molecule has 0 unspecified atom stereocenters. The number of hydrogen-bond donors (Lipinski definition) is 2. The summed E-state index contributed by atoms with van der Waals surface area (Å²) >= 11 is 0. The molecule has 100 valence electrons. The van der Waals surface area contributed by atoms with E-state index in [0.717, 1.165) is 43.1 Å². The SMILES string of the molecule is Cc1noc(C)c1CN1CC[C@@H](NC(=O)CN)C1. The minimum absolute atomic E-state index is 0.0559. The van der Waals surface area contributed by atoms with Crippen LogP contribution in [0.2, 0.25) is 0 Å². The van der Waals surface area contributed by atoms with Crippen LogP contribution in [0.1, 0.15) is 23.4 Å². The van der Waals surface area contributed by atoms with E-state index in [4.69, 9.17) is 10.3 Å². The van der Waals surface area contributed by atoms with Crippen LogP contribution in [-0.4, -0.2) is 41.6 Å². The molecule has 18 heavy (non-hydrogen) atoms. The van der Waals surface area contributed by atoms with E-state index in [1.54, 1.807) is 0 Å². The number of rotatable bonds is 4. The van der Waals surface area contributed by atoms with E-state index in [1.807, 2.05) is 13.8 Å². The minimum atomic E-state index is -0.0841. The molecule has 6 heteroatoms. The van der Waals surface area contributed by atoms with Gasteiger partial charge in [-0.15, -0.1) is 0 Å². The second kappa shape index (κ2) is 5.49. The Hall–Kier alpha value is -1.40. The number of likely N-dealkylation sites (tertiary alicyclic amines) is 1. The Balaban J connectivity index is 1.88. The van der Waals surface area contributed by atoms with Crippen LogP contribution in [-0.2, 0) is 11.3 Å². The van der Waals surface area contributed by atoms with Gasteiger partial charge in [-0.25, -0.2) is 0 Å². The summed E-state index contributed by atoms with van der Waals surface area (Å²) in [4.78, 5) is 13.5. The maximum atomic E-state index is 11.2. The van der Waals surface area contributed by atoms with Crippen LogP contribution in [0, 0.1) is 13.8 Å². The normalized spacial score (nSPS) is 20.3. The van der Waals surface area contributed by atoms with Gasteiger partial charge in [0.1, 0.15) is 5.76 Å². The van der Waals surface area contributed by atoms with Crippen LogP contribution >= 0.6 is 0 Å². The molecule has 0 aliphatic carbocycles. The molecule has 1 aliphatic rings. The number of hydrogen-bond acceptors (Lipinski definition) is 5. The summed E-state index contributed by atoms with van der Waals surface area (Å²) in [6.07, 6.45) is 0.967. The fourth-order valence-electron chi connectivity index (χ4n) is 2.33. The Labute approximate surface area is 106 Å². The first kappa shape index (κ1) is 13.0. The van der Waals surface area contributed by atoms with Gasteiger partial charge in [0, 0.05) is 31.2 Å². The van der Waals surface area contributed by atoms with Crippen molar-refractivity contribution in [2.75, 3.05) is 19.6 Å². The molecule has 1 amide bonds. The number of nitrogens with one attached hydrogen (secondary N) is 1. The standard InChI is InChI=1S/C12H20N4O2/c1-8-11(9(2)18-15-8)7-16-4-3-10(6-16)14-12(17)5-13/h10H,3-7,13H2,1-2H3,(H,14,17)/t10-/m1/s1. The van der Waals surface area contributed by atoms with Crippen molar-refractivity contribution in [3.8, 4) is 0 Å². The Morgan fingerprint density at radius 2 is 2.39 bits per heavy atom. The van der Waals surface area contributed by atoms with Crippen LogP contribution in [0.3, 0.4) is 0 Å². The van der Waals surface area contributed by atoms with Crippen molar-refractivity contribution in [2.45, 2.75) is 32.9 Å². The van der Waals surface area contributed by atoms with Gasteiger partial charge in [0.05, 0.1) is 12.2 Å². The maximum Gasteiger partial charge on any atom is 0.233 e. The molecule has 1 fully saturated rings. The third-order valence-corrected chi connectivity index (χ3v) is 3.39. The number of aryl methyl sites for hydroxylation is 2. The van der Waals surface area contributed by atoms with Gasteiger partial charge in [0.25, 0.3) is 0 Å². The van der Waals surface area contributed by atoms with Gasteiger partial charge in [-0.05, 0) is 20.3 Å². The van der Waals surface area contributed by atoms with Gasteiger partial charge < -0.3 is 15.6 Å². The highest BCUT2D eigenvalue weighted by Gasteiger charge is 2.25. The molecule has 1 atom stereocenters. The third kappa shape index (κ3) is 2.88. The highest BCUT2D eigenvalue weighted by molar-refractivity contribution is 5.78. The molecule has 2 heterocycles. The fraction of sp³-hybridized carbons (Fsp3) is 0.667. The van der Waals surface area contributed by atoms with Crippen molar-refractivity contribution in [3.63, 3.8) is 0 Å². The molecule has 0 aromatic carbocycles. The molecule has 1 aliphatic heterocycles. The van der Waals surface area contributed by atoms with E-state index in [2.05, 4.69) is 15.4 Å². The zero-order chi connectivity index (χ0) is 13.1. The number of amides is 1. The molecule has 0 bridgehead atoms. The van der Waals surface area contributed by atoms with Crippen LogP contribution in [0.15, 0.2) is 4.52 Å². The Kier molecular flexibility index (Phi) is 3.98. The molecular weight excluding hydrogens is 232 g/mol. The van der Waals surface area contributed by atoms with Crippen molar-refractivity contribution in [1.29, 1.82) is 0 Å². The average Bonchev–Trinajstić information content (AvgIpc) is 2.91. The lowest BCUT2D eigenvalue weighted by molar-refractivity contribution is -0.120. The molecule has 6 nitrogen and oxygen atoms in total. The molecule has 1 aromatic heterocycles.